The summed E-state index contributed by atoms with van der Waals surface area (Å²) in [5.41, 5.74) is 1.33. The molecule has 0 bridgehead atoms. The maximum Gasteiger partial charge on any atom is 0.229 e. The normalized spacial score (nSPS) is 13.1. The van der Waals surface area contributed by atoms with Gasteiger partial charge in [-0.2, -0.15) is 4.98 Å². The van der Waals surface area contributed by atoms with Crippen molar-refractivity contribution >= 4 is 28.7 Å². The van der Waals surface area contributed by atoms with Gasteiger partial charge in [0.25, 0.3) is 0 Å². The van der Waals surface area contributed by atoms with Crippen molar-refractivity contribution in [3.8, 4) is 11.8 Å². The zero-order chi connectivity index (χ0) is 19.8. The van der Waals surface area contributed by atoms with E-state index in [9.17, 15) is 8.78 Å². The molecule has 0 saturated heterocycles. The molecule has 1 aliphatic rings. The van der Waals surface area contributed by atoms with Crippen LogP contribution in [0.2, 0.25) is 0 Å². The van der Waals surface area contributed by atoms with E-state index in [4.69, 9.17) is 10.8 Å². The van der Waals surface area contributed by atoms with E-state index < -0.39 is 11.6 Å². The lowest BCUT2D eigenvalue weighted by Gasteiger charge is -2.21. The van der Waals surface area contributed by atoms with Crippen molar-refractivity contribution < 1.29 is 8.78 Å². The lowest BCUT2D eigenvalue weighted by atomic mass is 10.1. The molecule has 1 fully saturated rings. The highest BCUT2D eigenvalue weighted by atomic mass is 19.1. The van der Waals surface area contributed by atoms with Crippen LogP contribution in [0, 0.1) is 40.2 Å². The molecule has 1 aromatic heterocycles. The van der Waals surface area contributed by atoms with E-state index in [1.165, 1.54) is 34.9 Å². The van der Waals surface area contributed by atoms with Crippen LogP contribution in [0.1, 0.15) is 18.4 Å². The molecule has 0 radical (unpaired) electrons. The van der Waals surface area contributed by atoms with Crippen LogP contribution in [0.25, 0.3) is 10.9 Å². The SMILES string of the molecule is CN(c1cc(F)cc(C#CC2CC2)c1)c1nc(=N)n(C=N)c2ccc(F)cc12. The minimum atomic E-state index is -0.464. The minimum absolute atomic E-state index is 0.180. The summed E-state index contributed by atoms with van der Waals surface area (Å²) < 4.78 is 29.3. The van der Waals surface area contributed by atoms with Gasteiger partial charge in [0, 0.05) is 29.6 Å². The van der Waals surface area contributed by atoms with E-state index in [-0.39, 0.29) is 5.62 Å². The molecule has 0 atom stereocenters. The number of nitrogens with zero attached hydrogens (tertiary/aromatic N) is 3. The van der Waals surface area contributed by atoms with Gasteiger partial charge < -0.3 is 4.90 Å². The van der Waals surface area contributed by atoms with Crippen molar-refractivity contribution in [3.63, 3.8) is 0 Å². The van der Waals surface area contributed by atoms with Crippen molar-refractivity contribution in [1.82, 2.24) is 9.55 Å². The Morgan fingerprint density at radius 1 is 1.18 bits per heavy atom. The molecule has 7 heteroatoms. The average molecular weight is 377 g/mol. The van der Waals surface area contributed by atoms with Gasteiger partial charge in [-0.3, -0.25) is 15.4 Å². The van der Waals surface area contributed by atoms with Gasteiger partial charge in [0.1, 0.15) is 17.5 Å². The van der Waals surface area contributed by atoms with Gasteiger partial charge in [-0.1, -0.05) is 11.8 Å². The molecule has 4 rings (SSSR count). The zero-order valence-corrected chi connectivity index (χ0v) is 15.1. The second-order valence-electron chi connectivity index (χ2n) is 6.72. The summed E-state index contributed by atoms with van der Waals surface area (Å²) in [6.07, 6.45) is 3.12. The molecule has 0 amide bonds. The first kappa shape index (κ1) is 17.9. The Balaban J connectivity index is 1.86. The van der Waals surface area contributed by atoms with Crippen LogP contribution in [0.5, 0.6) is 0 Å². The average Bonchev–Trinajstić information content (AvgIpc) is 3.49. The summed E-state index contributed by atoms with van der Waals surface area (Å²) in [4.78, 5) is 5.81. The van der Waals surface area contributed by atoms with Crippen molar-refractivity contribution in [2.75, 3.05) is 11.9 Å². The number of halogens is 2. The molecular formula is C21H17F2N5. The minimum Gasteiger partial charge on any atom is -0.329 e. The molecule has 3 aromatic rings. The van der Waals surface area contributed by atoms with Gasteiger partial charge in [0.15, 0.2) is 0 Å². The van der Waals surface area contributed by atoms with E-state index in [0.717, 1.165) is 19.2 Å². The number of hydrogen-bond acceptors (Lipinski definition) is 4. The van der Waals surface area contributed by atoms with Crippen LogP contribution in [0.3, 0.4) is 0 Å². The number of anilines is 2. The molecule has 0 spiro atoms. The molecule has 0 unspecified atom stereocenters. The van der Waals surface area contributed by atoms with E-state index >= 15 is 0 Å². The van der Waals surface area contributed by atoms with Gasteiger partial charge in [0.05, 0.1) is 11.9 Å². The standard InChI is InChI=1S/C21H17F2N5/c1-27(17-9-14(8-16(23)10-17)5-4-13-2-3-13)20-18-11-15(22)6-7-19(18)28(12-24)21(25)26-20/h6-13,24-25H,2-3H2,1H3. The van der Waals surface area contributed by atoms with Gasteiger partial charge in [0.2, 0.25) is 5.62 Å². The zero-order valence-electron chi connectivity index (χ0n) is 15.1. The van der Waals surface area contributed by atoms with E-state index in [1.54, 1.807) is 18.0 Å². The predicted molar refractivity (Wildman–Crippen MR) is 104 cm³/mol. The smallest absolute Gasteiger partial charge is 0.229 e. The summed E-state index contributed by atoms with van der Waals surface area (Å²) in [6, 6.07) is 8.51. The molecule has 1 aliphatic carbocycles. The Morgan fingerprint density at radius 3 is 2.68 bits per heavy atom. The monoisotopic (exact) mass is 377 g/mol. The molecular weight excluding hydrogens is 360 g/mol. The van der Waals surface area contributed by atoms with Crippen LogP contribution in [-0.4, -0.2) is 22.9 Å². The number of nitrogens with one attached hydrogen (secondary N) is 2. The Labute approximate surface area is 160 Å². The highest BCUT2D eigenvalue weighted by Crippen LogP contribution is 2.30. The third-order valence-electron chi connectivity index (χ3n) is 4.61. The van der Waals surface area contributed by atoms with E-state index in [2.05, 4.69) is 16.8 Å². The summed E-state index contributed by atoms with van der Waals surface area (Å²) in [5.74, 6) is 5.91. The van der Waals surface area contributed by atoms with Gasteiger partial charge in [-0.15, -0.1) is 0 Å². The Morgan fingerprint density at radius 2 is 1.96 bits per heavy atom. The topological polar surface area (TPSA) is 68.8 Å². The number of aromatic nitrogens is 2. The maximum absolute atomic E-state index is 14.2. The fraction of sp³-hybridized carbons (Fsp3) is 0.190. The molecule has 1 heterocycles. The van der Waals surface area contributed by atoms with Crippen molar-refractivity contribution in [3.05, 3.63) is 59.2 Å². The lowest BCUT2D eigenvalue weighted by Crippen LogP contribution is -2.26. The van der Waals surface area contributed by atoms with Crippen molar-refractivity contribution in [2.24, 2.45) is 5.92 Å². The highest BCUT2D eigenvalue weighted by molar-refractivity contribution is 5.94. The molecule has 2 N–H and O–H groups in total. The first-order valence-corrected chi connectivity index (χ1v) is 8.79. The Bertz CT molecular complexity index is 1220. The van der Waals surface area contributed by atoms with E-state index in [0.29, 0.717) is 33.9 Å². The third-order valence-corrected chi connectivity index (χ3v) is 4.61. The number of benzene rings is 2. The second-order valence-corrected chi connectivity index (χ2v) is 6.72. The number of rotatable bonds is 3. The largest absolute Gasteiger partial charge is 0.329 e. The summed E-state index contributed by atoms with van der Waals surface area (Å²) in [5, 5.41) is 16.0. The fourth-order valence-corrected chi connectivity index (χ4v) is 2.99. The molecule has 28 heavy (non-hydrogen) atoms. The fourth-order valence-electron chi connectivity index (χ4n) is 2.99. The van der Waals surface area contributed by atoms with Crippen LogP contribution >= 0.6 is 0 Å². The van der Waals surface area contributed by atoms with E-state index in [1.807, 2.05) is 0 Å². The van der Waals surface area contributed by atoms with Gasteiger partial charge >= 0.3 is 0 Å². The van der Waals surface area contributed by atoms with Crippen molar-refractivity contribution in [1.29, 1.82) is 10.8 Å². The summed E-state index contributed by atoms with van der Waals surface area (Å²) >= 11 is 0. The number of fused-ring (bicyclic) bond motifs is 1. The van der Waals surface area contributed by atoms with Gasteiger partial charge in [-0.05, 0) is 49.2 Å². The first-order chi connectivity index (χ1) is 13.5. The third kappa shape index (κ3) is 3.37. The Hall–Kier alpha value is -3.53. The second kappa shape index (κ2) is 6.89. The van der Waals surface area contributed by atoms with Crippen LogP contribution in [-0.2, 0) is 0 Å². The molecule has 1 saturated carbocycles. The molecule has 5 nitrogen and oxygen atoms in total. The van der Waals surface area contributed by atoms with Gasteiger partial charge in [-0.25, -0.2) is 8.78 Å². The predicted octanol–water partition coefficient (Wildman–Crippen LogP) is 3.78. The first-order valence-electron chi connectivity index (χ1n) is 8.79. The molecule has 140 valence electrons. The maximum atomic E-state index is 14.2. The lowest BCUT2D eigenvalue weighted by molar-refractivity contribution is 0.627. The van der Waals surface area contributed by atoms with Crippen LogP contribution in [0.15, 0.2) is 36.4 Å². The number of hydrogen-bond donors (Lipinski definition) is 2. The highest BCUT2D eigenvalue weighted by Gasteiger charge is 2.18. The summed E-state index contributed by atoms with van der Waals surface area (Å²) in [6.45, 7) is 0. The van der Waals surface area contributed by atoms with Crippen LogP contribution < -0.4 is 10.5 Å². The quantitative estimate of drug-likeness (QED) is 0.414. The Kier molecular flexibility index (Phi) is 4.40. The molecule has 2 aromatic carbocycles. The summed E-state index contributed by atoms with van der Waals surface area (Å²) in [7, 11) is 1.67. The molecule has 0 aliphatic heterocycles. The van der Waals surface area contributed by atoms with Crippen LogP contribution in [0.4, 0.5) is 20.3 Å². The van der Waals surface area contributed by atoms with Crippen molar-refractivity contribution in [2.45, 2.75) is 12.8 Å².